The summed E-state index contributed by atoms with van der Waals surface area (Å²) < 4.78 is 56.5. The van der Waals surface area contributed by atoms with Crippen LogP contribution in [0, 0.1) is 23.3 Å². The predicted octanol–water partition coefficient (Wildman–Crippen LogP) is 3.50. The van der Waals surface area contributed by atoms with Gasteiger partial charge < -0.3 is 4.74 Å². The molecule has 2 aromatic rings. The summed E-state index contributed by atoms with van der Waals surface area (Å²) in [5.74, 6) is -4.80. The van der Waals surface area contributed by atoms with E-state index in [1.165, 1.54) is 0 Å². The van der Waals surface area contributed by atoms with Crippen molar-refractivity contribution in [2.45, 2.75) is 0 Å². The summed E-state index contributed by atoms with van der Waals surface area (Å²) in [7, 11) is 0. The van der Waals surface area contributed by atoms with Crippen LogP contribution in [0.25, 0.3) is 0 Å². The molecule has 0 aliphatic rings. The Labute approximate surface area is 111 Å². The van der Waals surface area contributed by atoms with Gasteiger partial charge in [0.05, 0.1) is 5.56 Å². The van der Waals surface area contributed by atoms with E-state index in [9.17, 15) is 22.4 Å². The van der Waals surface area contributed by atoms with E-state index in [2.05, 4.69) is 0 Å². The first kappa shape index (κ1) is 14.0. The highest BCUT2D eigenvalue weighted by Gasteiger charge is 2.13. The maximum atomic E-state index is 13.3. The average Bonchev–Trinajstić information content (AvgIpc) is 2.40. The van der Waals surface area contributed by atoms with Crippen LogP contribution in [0.1, 0.15) is 10.4 Å². The van der Waals surface area contributed by atoms with Gasteiger partial charge in [0.15, 0.2) is 18.2 Å². The largest absolute Gasteiger partial charge is 0.485 e. The minimum absolute atomic E-state index is 0.0697. The van der Waals surface area contributed by atoms with Crippen molar-refractivity contribution in [2.75, 3.05) is 6.61 Å². The van der Waals surface area contributed by atoms with E-state index in [4.69, 9.17) is 4.74 Å². The summed E-state index contributed by atoms with van der Waals surface area (Å²) in [6.45, 7) is -0.576. The molecule has 0 saturated heterocycles. The summed E-state index contributed by atoms with van der Waals surface area (Å²) >= 11 is 0. The second kappa shape index (κ2) is 5.73. The minimum atomic E-state index is -1.12. The van der Waals surface area contributed by atoms with Gasteiger partial charge in [0.25, 0.3) is 0 Å². The molecule has 0 unspecified atom stereocenters. The quantitative estimate of drug-likeness (QED) is 0.634. The molecule has 2 aromatic carbocycles. The third-order valence-corrected chi connectivity index (χ3v) is 2.49. The Balaban J connectivity index is 2.06. The fourth-order valence-corrected chi connectivity index (χ4v) is 1.51. The van der Waals surface area contributed by atoms with Crippen LogP contribution in [0.5, 0.6) is 5.75 Å². The third-order valence-electron chi connectivity index (χ3n) is 2.49. The Bertz CT molecular complexity index is 656. The summed E-state index contributed by atoms with van der Waals surface area (Å²) in [5, 5.41) is 0. The van der Waals surface area contributed by atoms with Crippen molar-refractivity contribution in [3.8, 4) is 5.75 Å². The normalized spacial score (nSPS) is 10.4. The smallest absolute Gasteiger partial charge is 0.203 e. The number of carbonyl (C=O) groups is 1. The number of ketones is 1. The standard InChI is InChI=1S/C14H8F4O2/c15-8-1-3-10(12(17)5-8)14(19)7-20-9-2-4-11(16)13(18)6-9/h1-6H,7H2. The van der Waals surface area contributed by atoms with Crippen molar-refractivity contribution in [3.05, 3.63) is 65.2 Å². The molecular formula is C14H8F4O2. The minimum Gasteiger partial charge on any atom is -0.485 e. The van der Waals surface area contributed by atoms with Crippen molar-refractivity contribution in [1.29, 1.82) is 0 Å². The van der Waals surface area contributed by atoms with Gasteiger partial charge in [0.2, 0.25) is 5.78 Å². The van der Waals surface area contributed by atoms with Gasteiger partial charge in [0, 0.05) is 12.1 Å². The molecule has 0 fully saturated rings. The van der Waals surface area contributed by atoms with Gasteiger partial charge in [-0.3, -0.25) is 4.79 Å². The zero-order chi connectivity index (χ0) is 14.7. The van der Waals surface area contributed by atoms with Crippen molar-refractivity contribution in [2.24, 2.45) is 0 Å². The Kier molecular flexibility index (Phi) is 4.02. The SMILES string of the molecule is O=C(COc1ccc(F)c(F)c1)c1ccc(F)cc1F. The number of benzene rings is 2. The fourth-order valence-electron chi connectivity index (χ4n) is 1.51. The van der Waals surface area contributed by atoms with E-state index in [-0.39, 0.29) is 11.3 Å². The van der Waals surface area contributed by atoms with E-state index in [1.54, 1.807) is 0 Å². The van der Waals surface area contributed by atoms with Gasteiger partial charge in [-0.15, -0.1) is 0 Å². The van der Waals surface area contributed by atoms with Crippen LogP contribution in [0.2, 0.25) is 0 Å². The van der Waals surface area contributed by atoms with E-state index in [1.807, 2.05) is 0 Å². The van der Waals surface area contributed by atoms with Gasteiger partial charge >= 0.3 is 0 Å². The highest BCUT2D eigenvalue weighted by Crippen LogP contribution is 2.16. The first-order valence-electron chi connectivity index (χ1n) is 5.53. The van der Waals surface area contributed by atoms with Crippen molar-refractivity contribution in [1.82, 2.24) is 0 Å². The summed E-state index contributed by atoms with van der Waals surface area (Å²) in [5.41, 5.74) is -0.339. The lowest BCUT2D eigenvalue weighted by atomic mass is 10.1. The van der Waals surface area contributed by atoms with E-state index in [0.29, 0.717) is 6.07 Å². The highest BCUT2D eigenvalue weighted by atomic mass is 19.2. The lowest BCUT2D eigenvalue weighted by Gasteiger charge is -2.06. The molecule has 0 aliphatic carbocycles. The topological polar surface area (TPSA) is 26.3 Å². The van der Waals surface area contributed by atoms with Gasteiger partial charge in [0.1, 0.15) is 17.4 Å². The molecule has 0 heterocycles. The molecule has 2 nitrogen and oxygen atoms in total. The zero-order valence-corrected chi connectivity index (χ0v) is 10.00. The average molecular weight is 284 g/mol. The zero-order valence-electron chi connectivity index (χ0n) is 10.00. The van der Waals surface area contributed by atoms with Crippen LogP contribution in [0.15, 0.2) is 36.4 Å². The molecule has 0 bridgehead atoms. The lowest BCUT2D eigenvalue weighted by Crippen LogP contribution is -2.13. The number of Topliss-reactive ketones (excluding diaryl/α,β-unsaturated/α-hetero) is 1. The maximum absolute atomic E-state index is 13.3. The number of hydrogen-bond donors (Lipinski definition) is 0. The summed E-state index contributed by atoms with van der Waals surface area (Å²) in [6.07, 6.45) is 0. The summed E-state index contributed by atoms with van der Waals surface area (Å²) in [6, 6.07) is 5.24. The molecule has 20 heavy (non-hydrogen) atoms. The first-order valence-corrected chi connectivity index (χ1v) is 5.53. The second-order valence-corrected chi connectivity index (χ2v) is 3.91. The molecule has 0 amide bonds. The first-order chi connectivity index (χ1) is 9.47. The molecule has 104 valence electrons. The Hall–Kier alpha value is -2.37. The van der Waals surface area contributed by atoms with Crippen LogP contribution in [0.4, 0.5) is 17.6 Å². The molecule has 0 aromatic heterocycles. The molecular weight excluding hydrogens is 276 g/mol. The van der Waals surface area contributed by atoms with Crippen LogP contribution in [-0.4, -0.2) is 12.4 Å². The second-order valence-electron chi connectivity index (χ2n) is 3.91. The lowest BCUT2D eigenvalue weighted by molar-refractivity contribution is 0.0917. The Morgan fingerprint density at radius 3 is 2.30 bits per heavy atom. The van der Waals surface area contributed by atoms with Gasteiger partial charge in [-0.2, -0.15) is 0 Å². The van der Waals surface area contributed by atoms with Gasteiger partial charge in [-0.1, -0.05) is 0 Å². The Morgan fingerprint density at radius 1 is 0.900 bits per heavy atom. The molecule has 0 saturated carbocycles. The fraction of sp³-hybridized carbons (Fsp3) is 0.0714. The number of hydrogen-bond acceptors (Lipinski definition) is 2. The monoisotopic (exact) mass is 284 g/mol. The molecule has 6 heteroatoms. The molecule has 0 N–H and O–H groups in total. The predicted molar refractivity (Wildman–Crippen MR) is 62.5 cm³/mol. The number of carbonyl (C=O) groups excluding carboxylic acids is 1. The van der Waals surface area contributed by atoms with Crippen LogP contribution >= 0.6 is 0 Å². The number of rotatable bonds is 4. The van der Waals surface area contributed by atoms with Gasteiger partial charge in [-0.25, -0.2) is 17.6 Å². The van der Waals surface area contributed by atoms with E-state index < -0.39 is 35.7 Å². The van der Waals surface area contributed by atoms with Gasteiger partial charge in [-0.05, 0) is 24.3 Å². The highest BCUT2D eigenvalue weighted by molar-refractivity contribution is 5.97. The van der Waals surface area contributed by atoms with Crippen molar-refractivity contribution in [3.63, 3.8) is 0 Å². The molecule has 2 rings (SSSR count). The van der Waals surface area contributed by atoms with E-state index >= 15 is 0 Å². The van der Waals surface area contributed by atoms with Crippen LogP contribution in [-0.2, 0) is 0 Å². The van der Waals surface area contributed by atoms with Crippen molar-refractivity contribution < 1.29 is 27.1 Å². The molecule has 0 radical (unpaired) electrons. The molecule has 0 spiro atoms. The Morgan fingerprint density at radius 2 is 1.65 bits per heavy atom. The molecule has 0 aliphatic heterocycles. The van der Waals surface area contributed by atoms with Crippen LogP contribution in [0.3, 0.4) is 0 Å². The number of halogens is 4. The third kappa shape index (κ3) is 3.14. The van der Waals surface area contributed by atoms with E-state index in [0.717, 1.165) is 30.3 Å². The van der Waals surface area contributed by atoms with Crippen LogP contribution < -0.4 is 4.74 Å². The van der Waals surface area contributed by atoms with Crippen molar-refractivity contribution >= 4 is 5.78 Å². The number of ether oxygens (including phenoxy) is 1. The molecule has 0 atom stereocenters. The summed E-state index contributed by atoms with van der Waals surface area (Å²) in [4.78, 5) is 11.6. The maximum Gasteiger partial charge on any atom is 0.203 e.